The second-order valence-electron chi connectivity index (χ2n) is 5.44. The molecular formula is C11H21NO3. The van der Waals surface area contributed by atoms with E-state index in [1.165, 1.54) is 4.90 Å². The highest BCUT2D eigenvalue weighted by molar-refractivity contribution is 5.69. The summed E-state index contributed by atoms with van der Waals surface area (Å²) in [4.78, 5) is 23.6. The van der Waals surface area contributed by atoms with Crippen LogP contribution in [0.3, 0.4) is 0 Å². The molecule has 0 bridgehead atoms. The topological polar surface area (TPSA) is 46.6 Å². The van der Waals surface area contributed by atoms with E-state index < -0.39 is 17.1 Å². The summed E-state index contributed by atoms with van der Waals surface area (Å²) in [6.07, 6.45) is 0.436. The SMILES string of the molecule is CN(CC(C)(C)C=O)C(=O)OC(C)(C)C. The zero-order valence-electron chi connectivity index (χ0n) is 10.5. The highest BCUT2D eigenvalue weighted by Crippen LogP contribution is 2.15. The summed E-state index contributed by atoms with van der Waals surface area (Å²) in [5.74, 6) is 0. The Morgan fingerprint density at radius 3 is 2.07 bits per heavy atom. The highest BCUT2D eigenvalue weighted by atomic mass is 16.6. The van der Waals surface area contributed by atoms with Crippen molar-refractivity contribution in [2.45, 2.75) is 40.2 Å². The quantitative estimate of drug-likeness (QED) is 0.677. The van der Waals surface area contributed by atoms with E-state index in [0.717, 1.165) is 6.29 Å². The first-order chi connectivity index (χ1) is 6.57. The zero-order chi connectivity index (χ0) is 12.3. The van der Waals surface area contributed by atoms with Crippen molar-refractivity contribution in [3.8, 4) is 0 Å². The van der Waals surface area contributed by atoms with Gasteiger partial charge >= 0.3 is 6.09 Å². The van der Waals surface area contributed by atoms with Gasteiger partial charge in [0.1, 0.15) is 11.9 Å². The predicted octanol–water partition coefficient (Wildman–Crippen LogP) is 2.08. The number of nitrogens with zero attached hydrogens (tertiary/aromatic N) is 1. The van der Waals surface area contributed by atoms with Gasteiger partial charge in [-0.1, -0.05) is 13.8 Å². The standard InChI is InChI=1S/C11H21NO3/c1-10(2,3)15-9(14)12(6)7-11(4,5)8-13/h8H,7H2,1-6H3. The Bertz CT molecular complexity index is 241. The van der Waals surface area contributed by atoms with Gasteiger partial charge in [-0.25, -0.2) is 4.79 Å². The maximum absolute atomic E-state index is 11.5. The fraction of sp³-hybridized carbons (Fsp3) is 0.818. The molecule has 0 saturated carbocycles. The molecule has 0 saturated heterocycles. The van der Waals surface area contributed by atoms with Crippen LogP contribution in [0.4, 0.5) is 4.79 Å². The molecule has 0 unspecified atom stereocenters. The van der Waals surface area contributed by atoms with Crippen LogP contribution in [-0.4, -0.2) is 36.5 Å². The highest BCUT2D eigenvalue weighted by Gasteiger charge is 2.25. The summed E-state index contributed by atoms with van der Waals surface area (Å²) in [6.45, 7) is 9.34. The minimum atomic E-state index is -0.536. The second kappa shape index (κ2) is 4.64. The summed E-state index contributed by atoms with van der Waals surface area (Å²) >= 11 is 0. The summed E-state index contributed by atoms with van der Waals surface area (Å²) in [7, 11) is 1.62. The van der Waals surface area contributed by atoms with Crippen LogP contribution in [0.2, 0.25) is 0 Å². The van der Waals surface area contributed by atoms with Crippen LogP contribution >= 0.6 is 0 Å². The van der Waals surface area contributed by atoms with Gasteiger partial charge in [-0.05, 0) is 20.8 Å². The molecule has 0 aliphatic carbocycles. The first-order valence-corrected chi connectivity index (χ1v) is 4.98. The number of carbonyl (C=O) groups excluding carboxylic acids is 2. The molecule has 0 aromatic heterocycles. The molecular weight excluding hydrogens is 194 g/mol. The van der Waals surface area contributed by atoms with Crippen molar-refractivity contribution in [1.29, 1.82) is 0 Å². The van der Waals surface area contributed by atoms with Crippen molar-refractivity contribution >= 4 is 12.4 Å². The van der Waals surface area contributed by atoms with Crippen molar-refractivity contribution in [3.05, 3.63) is 0 Å². The summed E-state index contributed by atoms with van der Waals surface area (Å²) in [5, 5.41) is 0. The maximum atomic E-state index is 11.5. The molecule has 4 nitrogen and oxygen atoms in total. The Morgan fingerprint density at radius 1 is 1.27 bits per heavy atom. The van der Waals surface area contributed by atoms with Gasteiger partial charge in [-0.15, -0.1) is 0 Å². The first kappa shape index (κ1) is 13.9. The number of ether oxygens (including phenoxy) is 1. The lowest BCUT2D eigenvalue weighted by Gasteiger charge is -2.28. The fourth-order valence-electron chi connectivity index (χ4n) is 1.05. The molecule has 0 aromatic rings. The molecule has 0 aliphatic heterocycles. The van der Waals surface area contributed by atoms with Crippen molar-refractivity contribution < 1.29 is 14.3 Å². The van der Waals surface area contributed by atoms with E-state index in [1.54, 1.807) is 20.9 Å². The van der Waals surface area contributed by atoms with E-state index in [-0.39, 0.29) is 0 Å². The monoisotopic (exact) mass is 215 g/mol. The summed E-state index contributed by atoms with van der Waals surface area (Å²) < 4.78 is 5.16. The molecule has 0 heterocycles. The van der Waals surface area contributed by atoms with Gasteiger partial charge < -0.3 is 14.4 Å². The van der Waals surface area contributed by atoms with Crippen LogP contribution in [-0.2, 0) is 9.53 Å². The van der Waals surface area contributed by atoms with Crippen LogP contribution in [0.1, 0.15) is 34.6 Å². The van der Waals surface area contributed by atoms with E-state index in [0.29, 0.717) is 6.54 Å². The van der Waals surface area contributed by atoms with E-state index in [9.17, 15) is 9.59 Å². The third-order valence-corrected chi connectivity index (χ3v) is 1.67. The Labute approximate surface area is 91.6 Å². The largest absolute Gasteiger partial charge is 0.444 e. The average Bonchev–Trinajstić information content (AvgIpc) is 2.00. The molecule has 0 atom stereocenters. The minimum Gasteiger partial charge on any atom is -0.444 e. The van der Waals surface area contributed by atoms with Gasteiger partial charge in [0.05, 0.1) is 0 Å². The molecule has 0 rings (SSSR count). The van der Waals surface area contributed by atoms with Crippen LogP contribution in [0, 0.1) is 5.41 Å². The maximum Gasteiger partial charge on any atom is 0.410 e. The van der Waals surface area contributed by atoms with Gasteiger partial charge in [0.2, 0.25) is 0 Å². The van der Waals surface area contributed by atoms with Gasteiger partial charge in [0, 0.05) is 19.0 Å². The van der Waals surface area contributed by atoms with Gasteiger partial charge in [-0.3, -0.25) is 0 Å². The Balaban J connectivity index is 4.29. The fourth-order valence-corrected chi connectivity index (χ4v) is 1.05. The normalized spacial score (nSPS) is 12.1. The molecule has 0 radical (unpaired) electrons. The van der Waals surface area contributed by atoms with E-state index in [2.05, 4.69) is 0 Å². The molecule has 0 spiro atoms. The van der Waals surface area contributed by atoms with Crippen molar-refractivity contribution in [1.82, 2.24) is 4.90 Å². The smallest absolute Gasteiger partial charge is 0.410 e. The van der Waals surface area contributed by atoms with Gasteiger partial charge in [-0.2, -0.15) is 0 Å². The third-order valence-electron chi connectivity index (χ3n) is 1.67. The molecule has 0 aromatic carbocycles. The van der Waals surface area contributed by atoms with Gasteiger partial charge in [0.25, 0.3) is 0 Å². The number of rotatable bonds is 3. The number of hydrogen-bond donors (Lipinski definition) is 0. The molecule has 88 valence electrons. The molecule has 0 N–H and O–H groups in total. The third kappa shape index (κ3) is 6.10. The Morgan fingerprint density at radius 2 is 1.73 bits per heavy atom. The molecule has 0 aliphatic rings. The second-order valence-corrected chi connectivity index (χ2v) is 5.44. The first-order valence-electron chi connectivity index (χ1n) is 4.98. The Kier molecular flexibility index (Phi) is 4.31. The van der Waals surface area contributed by atoms with Crippen LogP contribution < -0.4 is 0 Å². The predicted molar refractivity (Wildman–Crippen MR) is 58.7 cm³/mol. The summed E-state index contributed by atoms with van der Waals surface area (Å²) in [5.41, 5.74) is -1.04. The van der Waals surface area contributed by atoms with Crippen LogP contribution in [0.15, 0.2) is 0 Å². The molecule has 4 heteroatoms. The zero-order valence-corrected chi connectivity index (χ0v) is 10.5. The van der Waals surface area contributed by atoms with E-state index in [1.807, 2.05) is 20.8 Å². The lowest BCUT2D eigenvalue weighted by atomic mass is 9.95. The number of amides is 1. The average molecular weight is 215 g/mol. The van der Waals surface area contributed by atoms with Crippen molar-refractivity contribution in [2.75, 3.05) is 13.6 Å². The van der Waals surface area contributed by atoms with Gasteiger partial charge in [0.15, 0.2) is 0 Å². The van der Waals surface area contributed by atoms with E-state index in [4.69, 9.17) is 4.74 Å². The lowest BCUT2D eigenvalue weighted by Crippen LogP contribution is -2.40. The summed E-state index contributed by atoms with van der Waals surface area (Å²) in [6, 6.07) is 0. The van der Waals surface area contributed by atoms with Crippen molar-refractivity contribution in [2.24, 2.45) is 5.41 Å². The molecule has 1 amide bonds. The van der Waals surface area contributed by atoms with Crippen LogP contribution in [0.25, 0.3) is 0 Å². The van der Waals surface area contributed by atoms with Crippen molar-refractivity contribution in [3.63, 3.8) is 0 Å². The number of carbonyl (C=O) groups is 2. The number of aldehydes is 1. The van der Waals surface area contributed by atoms with Crippen LogP contribution in [0.5, 0.6) is 0 Å². The minimum absolute atomic E-state index is 0.353. The Hall–Kier alpha value is -1.06. The number of hydrogen-bond acceptors (Lipinski definition) is 3. The lowest BCUT2D eigenvalue weighted by molar-refractivity contribution is -0.115. The molecule has 0 fully saturated rings. The van der Waals surface area contributed by atoms with E-state index >= 15 is 0 Å². The molecule has 15 heavy (non-hydrogen) atoms.